The number of amides is 2. The number of nitrogens with one attached hydrogen (secondary N) is 2. The number of pyridine rings is 1. The number of benzene rings is 1. The van der Waals surface area contributed by atoms with Gasteiger partial charge in [-0.2, -0.15) is 0 Å². The second kappa shape index (κ2) is 9.52. The van der Waals surface area contributed by atoms with E-state index in [1.165, 1.54) is 12.1 Å². The number of hydrogen-bond donors (Lipinski definition) is 6. The second-order valence-electron chi connectivity index (χ2n) is 7.92. The van der Waals surface area contributed by atoms with Gasteiger partial charge in [0, 0.05) is 6.54 Å². The molecule has 0 saturated carbocycles. The first-order valence-electron chi connectivity index (χ1n) is 9.61. The van der Waals surface area contributed by atoms with Crippen LogP contribution in [0.5, 0.6) is 11.6 Å². The molecule has 0 spiro atoms. The fourth-order valence-corrected chi connectivity index (χ4v) is 2.92. The number of carbonyl (C=O) groups is 3. The molecule has 1 aromatic carbocycles. The summed E-state index contributed by atoms with van der Waals surface area (Å²) in [5.74, 6) is -5.74. The summed E-state index contributed by atoms with van der Waals surface area (Å²) in [6.45, 7) is 4.41. The fraction of sp³-hybridized carbons (Fsp3) is 0.333. The molecular formula is C21H25N3O8. The van der Waals surface area contributed by atoms with E-state index in [4.69, 9.17) is 10.2 Å². The van der Waals surface area contributed by atoms with E-state index >= 15 is 0 Å². The topological polar surface area (TPSA) is 178 Å². The number of aliphatic carboxylic acids is 1. The number of hydrogen-bond acceptors (Lipinski definition) is 7. The van der Waals surface area contributed by atoms with Crippen LogP contribution in [-0.2, 0) is 10.2 Å². The zero-order chi connectivity index (χ0) is 24.2. The first-order valence-corrected chi connectivity index (χ1v) is 9.61. The summed E-state index contributed by atoms with van der Waals surface area (Å²) in [5.41, 5.74) is -2.06. The van der Waals surface area contributed by atoms with E-state index in [-0.39, 0.29) is 17.6 Å². The summed E-state index contributed by atoms with van der Waals surface area (Å²) in [6, 6.07) is 6.38. The van der Waals surface area contributed by atoms with Crippen molar-refractivity contribution in [1.29, 1.82) is 0 Å². The van der Waals surface area contributed by atoms with Gasteiger partial charge in [-0.25, -0.2) is 4.57 Å². The van der Waals surface area contributed by atoms with E-state index in [0.717, 1.165) is 5.56 Å². The third-order valence-electron chi connectivity index (χ3n) is 4.57. The van der Waals surface area contributed by atoms with Gasteiger partial charge in [0.15, 0.2) is 5.75 Å². The lowest BCUT2D eigenvalue weighted by Gasteiger charge is -2.20. The predicted molar refractivity (Wildman–Crippen MR) is 113 cm³/mol. The largest absolute Gasteiger partial charge is 0.506 e. The van der Waals surface area contributed by atoms with Crippen LogP contribution in [0.1, 0.15) is 47.1 Å². The van der Waals surface area contributed by atoms with Crippen LogP contribution in [0.15, 0.2) is 29.1 Å². The molecule has 2 rings (SSSR count). The number of rotatable bonds is 7. The van der Waals surface area contributed by atoms with Gasteiger partial charge in [-0.3, -0.25) is 19.2 Å². The van der Waals surface area contributed by atoms with Crippen LogP contribution < -0.4 is 16.2 Å². The zero-order valence-corrected chi connectivity index (χ0v) is 17.8. The number of carbonyl (C=O) groups excluding carboxylic acids is 2. The number of carboxylic acids is 1. The highest BCUT2D eigenvalue weighted by Crippen LogP contribution is 2.31. The van der Waals surface area contributed by atoms with Crippen LogP contribution in [-0.4, -0.2) is 62.5 Å². The summed E-state index contributed by atoms with van der Waals surface area (Å²) in [6.07, 6.45) is 0. The first kappa shape index (κ1) is 24.4. The Labute approximate surface area is 182 Å². The minimum atomic E-state index is -1.39. The normalized spacial score (nSPS) is 11.1. The highest BCUT2D eigenvalue weighted by molar-refractivity contribution is 6.05. The molecule has 1 heterocycles. The first-order chi connectivity index (χ1) is 14.9. The number of aliphatic hydroxyl groups is 1. The van der Waals surface area contributed by atoms with Gasteiger partial charge in [-0.1, -0.05) is 32.9 Å². The van der Waals surface area contributed by atoms with E-state index in [0.29, 0.717) is 4.57 Å². The number of carboxylic acid groups (broad SMARTS) is 1. The number of aliphatic hydroxyl groups excluding tert-OH is 1. The molecule has 0 aliphatic heterocycles. The maximum absolute atomic E-state index is 13.0. The lowest BCUT2D eigenvalue weighted by Crippen LogP contribution is -2.37. The van der Waals surface area contributed by atoms with Gasteiger partial charge < -0.3 is 31.1 Å². The predicted octanol–water partition coefficient (Wildman–Crippen LogP) is 0.0827. The van der Waals surface area contributed by atoms with Crippen molar-refractivity contribution in [3.8, 4) is 17.3 Å². The van der Waals surface area contributed by atoms with Crippen molar-refractivity contribution >= 4 is 17.8 Å². The molecule has 11 heteroatoms. The zero-order valence-electron chi connectivity index (χ0n) is 17.8. The Morgan fingerprint density at radius 1 is 0.969 bits per heavy atom. The summed E-state index contributed by atoms with van der Waals surface area (Å²) >= 11 is 0. The lowest BCUT2D eigenvalue weighted by molar-refractivity contribution is -0.135. The Balaban J connectivity index is 2.76. The standard InChI is InChI=1S/C21H25N3O8/c1-21(2,3)11-4-6-12(7-5-11)24-19(31)14(17(29)22-8-9-25)16(28)15(20(24)32)18(30)23-10-13(26)27/h4-7,25,28,31H,8-10H2,1-3H3,(H,22,29)(H,23,30)(H,26,27). The van der Waals surface area contributed by atoms with Crippen LogP contribution in [0, 0.1) is 0 Å². The van der Waals surface area contributed by atoms with Crippen molar-refractivity contribution in [1.82, 2.24) is 15.2 Å². The SMILES string of the molecule is CC(C)(C)c1ccc(-n2c(O)c(C(=O)NCCO)c(O)c(C(=O)NCC(=O)O)c2=O)cc1. The molecule has 0 fully saturated rings. The van der Waals surface area contributed by atoms with Crippen molar-refractivity contribution in [2.24, 2.45) is 0 Å². The van der Waals surface area contributed by atoms with Crippen LogP contribution >= 0.6 is 0 Å². The van der Waals surface area contributed by atoms with E-state index in [2.05, 4.69) is 5.32 Å². The Morgan fingerprint density at radius 2 is 1.53 bits per heavy atom. The summed E-state index contributed by atoms with van der Waals surface area (Å²) in [7, 11) is 0. The average Bonchev–Trinajstić information content (AvgIpc) is 2.70. The maximum atomic E-state index is 13.0. The van der Waals surface area contributed by atoms with Crippen molar-refractivity contribution in [2.75, 3.05) is 19.7 Å². The smallest absolute Gasteiger partial charge is 0.322 e. The Kier molecular flexibility index (Phi) is 7.26. The van der Waals surface area contributed by atoms with Gasteiger partial charge in [0.25, 0.3) is 17.4 Å². The Bertz CT molecular complexity index is 1100. The highest BCUT2D eigenvalue weighted by atomic mass is 16.4. The van der Waals surface area contributed by atoms with E-state index in [1.807, 2.05) is 26.1 Å². The molecule has 32 heavy (non-hydrogen) atoms. The summed E-state index contributed by atoms with van der Waals surface area (Å²) in [4.78, 5) is 48.7. The maximum Gasteiger partial charge on any atom is 0.322 e. The van der Waals surface area contributed by atoms with Crippen molar-refractivity contribution in [3.63, 3.8) is 0 Å². The fourth-order valence-electron chi connectivity index (χ4n) is 2.92. The van der Waals surface area contributed by atoms with Crippen LogP contribution in [0.3, 0.4) is 0 Å². The molecule has 172 valence electrons. The molecule has 0 bridgehead atoms. The molecule has 2 amide bonds. The van der Waals surface area contributed by atoms with Crippen LogP contribution in [0.25, 0.3) is 5.69 Å². The third-order valence-corrected chi connectivity index (χ3v) is 4.57. The molecule has 2 aromatic rings. The van der Waals surface area contributed by atoms with E-state index < -0.39 is 59.3 Å². The Morgan fingerprint density at radius 3 is 2.03 bits per heavy atom. The molecular weight excluding hydrogens is 422 g/mol. The molecule has 0 unspecified atom stereocenters. The summed E-state index contributed by atoms with van der Waals surface area (Å²) in [5, 5.41) is 43.0. The Hall–Kier alpha value is -3.86. The molecule has 0 aliphatic carbocycles. The molecule has 0 atom stereocenters. The minimum Gasteiger partial charge on any atom is -0.506 e. The van der Waals surface area contributed by atoms with Crippen LogP contribution in [0.2, 0.25) is 0 Å². The number of nitrogens with zero attached hydrogens (tertiary/aromatic N) is 1. The highest BCUT2D eigenvalue weighted by Gasteiger charge is 2.30. The number of aromatic hydroxyl groups is 2. The van der Waals surface area contributed by atoms with Gasteiger partial charge in [0.05, 0.1) is 12.3 Å². The van der Waals surface area contributed by atoms with Crippen molar-refractivity contribution in [3.05, 3.63) is 51.3 Å². The third kappa shape index (κ3) is 5.06. The van der Waals surface area contributed by atoms with Gasteiger partial charge in [0.2, 0.25) is 5.88 Å². The van der Waals surface area contributed by atoms with Crippen molar-refractivity contribution < 1.29 is 34.8 Å². The monoisotopic (exact) mass is 447 g/mol. The molecule has 0 aliphatic rings. The molecule has 0 radical (unpaired) electrons. The number of aromatic nitrogens is 1. The average molecular weight is 447 g/mol. The molecule has 6 N–H and O–H groups in total. The molecule has 0 saturated heterocycles. The van der Waals surface area contributed by atoms with Gasteiger partial charge in [-0.15, -0.1) is 0 Å². The van der Waals surface area contributed by atoms with Gasteiger partial charge in [0.1, 0.15) is 17.7 Å². The van der Waals surface area contributed by atoms with E-state index in [1.54, 1.807) is 12.1 Å². The molecule has 11 nitrogen and oxygen atoms in total. The van der Waals surface area contributed by atoms with E-state index in [9.17, 15) is 29.4 Å². The lowest BCUT2D eigenvalue weighted by atomic mass is 9.87. The van der Waals surface area contributed by atoms with Crippen molar-refractivity contribution in [2.45, 2.75) is 26.2 Å². The summed E-state index contributed by atoms with van der Waals surface area (Å²) < 4.78 is 0.662. The quantitative estimate of drug-likeness (QED) is 0.345. The second-order valence-corrected chi connectivity index (χ2v) is 7.92. The van der Waals surface area contributed by atoms with Gasteiger partial charge in [-0.05, 0) is 23.1 Å². The van der Waals surface area contributed by atoms with Crippen LogP contribution in [0.4, 0.5) is 0 Å². The van der Waals surface area contributed by atoms with Gasteiger partial charge >= 0.3 is 5.97 Å². The molecule has 1 aromatic heterocycles. The minimum absolute atomic E-state index is 0.101.